The first-order valence-electron chi connectivity index (χ1n) is 8.28. The molecule has 0 spiro atoms. The normalized spacial score (nSPS) is 12.2. The summed E-state index contributed by atoms with van der Waals surface area (Å²) in [5.41, 5.74) is 2.92. The molecule has 26 heavy (non-hydrogen) atoms. The van der Waals surface area contributed by atoms with E-state index in [0.29, 0.717) is 17.1 Å². The summed E-state index contributed by atoms with van der Waals surface area (Å²) in [6.45, 7) is 4.29. The van der Waals surface area contributed by atoms with Crippen molar-refractivity contribution in [2.75, 3.05) is 14.2 Å². The molecule has 0 bridgehead atoms. The van der Waals surface area contributed by atoms with E-state index in [9.17, 15) is 4.39 Å². The van der Waals surface area contributed by atoms with E-state index in [1.165, 1.54) is 6.07 Å². The van der Waals surface area contributed by atoms with Crippen molar-refractivity contribution in [2.24, 2.45) is 4.99 Å². The smallest absolute Gasteiger partial charge is 0.191 e. The fourth-order valence-corrected chi connectivity index (χ4v) is 2.61. The first kappa shape index (κ1) is 19.3. The van der Waals surface area contributed by atoms with Crippen molar-refractivity contribution in [1.82, 2.24) is 10.6 Å². The molecular formula is C20H23FN4O. The molecule has 0 saturated carbocycles. The number of hydrogen-bond acceptors (Lipinski definition) is 3. The lowest BCUT2D eigenvalue weighted by Crippen LogP contribution is -2.38. The Morgan fingerprint density at radius 2 is 2.08 bits per heavy atom. The van der Waals surface area contributed by atoms with Gasteiger partial charge in [0.2, 0.25) is 0 Å². The number of halogens is 1. The van der Waals surface area contributed by atoms with Crippen LogP contribution in [0.2, 0.25) is 0 Å². The molecule has 2 N–H and O–H groups in total. The Balaban J connectivity index is 2.06. The van der Waals surface area contributed by atoms with Crippen LogP contribution in [0.4, 0.5) is 4.39 Å². The molecule has 0 heterocycles. The molecule has 0 radical (unpaired) electrons. The molecule has 2 rings (SSSR count). The summed E-state index contributed by atoms with van der Waals surface area (Å²) in [6, 6.07) is 12.3. The lowest BCUT2D eigenvalue weighted by Gasteiger charge is -2.21. The number of methoxy groups -OCH3 is 1. The third kappa shape index (κ3) is 4.73. The maximum atomic E-state index is 14.0. The van der Waals surface area contributed by atoms with E-state index in [0.717, 1.165) is 16.9 Å². The number of nitrogens with one attached hydrogen (secondary N) is 2. The molecule has 0 aliphatic heterocycles. The largest absolute Gasteiger partial charge is 0.496 e. The van der Waals surface area contributed by atoms with Gasteiger partial charge in [0.05, 0.1) is 24.8 Å². The van der Waals surface area contributed by atoms with E-state index < -0.39 is 5.82 Å². The van der Waals surface area contributed by atoms with Crippen LogP contribution in [0.5, 0.6) is 5.75 Å². The SMILES string of the molecule is CN=C(NCc1ccc(C#N)cc1F)NC(C)c1cc(C)ccc1OC. The van der Waals surface area contributed by atoms with Gasteiger partial charge in [0, 0.05) is 24.7 Å². The summed E-state index contributed by atoms with van der Waals surface area (Å²) < 4.78 is 19.4. The third-order valence-electron chi connectivity index (χ3n) is 4.06. The topological polar surface area (TPSA) is 69.4 Å². The van der Waals surface area contributed by atoms with Gasteiger partial charge in [0.1, 0.15) is 11.6 Å². The van der Waals surface area contributed by atoms with Gasteiger partial charge in [-0.25, -0.2) is 4.39 Å². The maximum Gasteiger partial charge on any atom is 0.191 e. The minimum Gasteiger partial charge on any atom is -0.496 e. The molecule has 2 aromatic rings. The molecule has 0 aliphatic rings. The molecule has 0 aromatic heterocycles. The number of hydrogen-bond donors (Lipinski definition) is 2. The van der Waals surface area contributed by atoms with Gasteiger partial charge in [0.25, 0.3) is 0 Å². The van der Waals surface area contributed by atoms with Crippen LogP contribution < -0.4 is 15.4 Å². The number of rotatable bonds is 5. The lowest BCUT2D eigenvalue weighted by molar-refractivity contribution is 0.405. The summed E-state index contributed by atoms with van der Waals surface area (Å²) >= 11 is 0. The van der Waals surface area contributed by atoms with Crippen LogP contribution in [0.15, 0.2) is 41.4 Å². The van der Waals surface area contributed by atoms with E-state index >= 15 is 0 Å². The van der Waals surface area contributed by atoms with E-state index in [1.54, 1.807) is 26.3 Å². The molecule has 1 atom stereocenters. The van der Waals surface area contributed by atoms with E-state index in [-0.39, 0.29) is 12.6 Å². The van der Waals surface area contributed by atoms with Crippen LogP contribution >= 0.6 is 0 Å². The Morgan fingerprint density at radius 3 is 2.69 bits per heavy atom. The Hall–Kier alpha value is -3.07. The summed E-state index contributed by atoms with van der Waals surface area (Å²) in [4.78, 5) is 4.19. The van der Waals surface area contributed by atoms with Gasteiger partial charge in [-0.3, -0.25) is 4.99 Å². The number of nitrogens with zero attached hydrogens (tertiary/aromatic N) is 2. The molecule has 5 nitrogen and oxygen atoms in total. The molecular weight excluding hydrogens is 331 g/mol. The Morgan fingerprint density at radius 1 is 1.31 bits per heavy atom. The van der Waals surface area contributed by atoms with E-state index in [4.69, 9.17) is 10.00 Å². The molecule has 136 valence electrons. The van der Waals surface area contributed by atoms with Crippen LogP contribution in [0.3, 0.4) is 0 Å². The fourth-order valence-electron chi connectivity index (χ4n) is 2.61. The molecule has 0 amide bonds. The minimum atomic E-state index is -0.416. The van der Waals surface area contributed by atoms with Crippen molar-refractivity contribution >= 4 is 5.96 Å². The predicted molar refractivity (Wildman–Crippen MR) is 101 cm³/mol. The lowest BCUT2D eigenvalue weighted by atomic mass is 10.0. The molecule has 0 aliphatic carbocycles. The number of guanidine groups is 1. The third-order valence-corrected chi connectivity index (χ3v) is 4.06. The van der Waals surface area contributed by atoms with Crippen molar-refractivity contribution in [3.05, 3.63) is 64.5 Å². The number of aliphatic imine (C=N–C) groups is 1. The second-order valence-electron chi connectivity index (χ2n) is 5.96. The van der Waals surface area contributed by atoms with Gasteiger partial charge in [-0.05, 0) is 32.0 Å². The highest BCUT2D eigenvalue weighted by Gasteiger charge is 2.13. The summed E-state index contributed by atoms with van der Waals surface area (Å²) in [5, 5.41) is 15.2. The van der Waals surface area contributed by atoms with Gasteiger partial charge in [-0.15, -0.1) is 0 Å². The molecule has 0 fully saturated rings. The van der Waals surface area contributed by atoms with Gasteiger partial charge in [0.15, 0.2) is 5.96 Å². The second-order valence-corrected chi connectivity index (χ2v) is 5.96. The van der Waals surface area contributed by atoms with Gasteiger partial charge >= 0.3 is 0 Å². The highest BCUT2D eigenvalue weighted by molar-refractivity contribution is 5.80. The first-order valence-corrected chi connectivity index (χ1v) is 8.28. The van der Waals surface area contributed by atoms with Crippen LogP contribution in [-0.4, -0.2) is 20.1 Å². The zero-order chi connectivity index (χ0) is 19.1. The predicted octanol–water partition coefficient (Wildman–Crippen LogP) is 3.44. The molecule has 0 saturated heterocycles. The van der Waals surface area contributed by atoms with Gasteiger partial charge in [-0.2, -0.15) is 5.26 Å². The van der Waals surface area contributed by atoms with E-state index in [1.807, 2.05) is 32.0 Å². The zero-order valence-electron chi connectivity index (χ0n) is 15.4. The van der Waals surface area contributed by atoms with Crippen LogP contribution in [0.1, 0.15) is 35.2 Å². The first-order chi connectivity index (χ1) is 12.5. The average molecular weight is 354 g/mol. The highest BCUT2D eigenvalue weighted by Crippen LogP contribution is 2.26. The van der Waals surface area contributed by atoms with Crippen molar-refractivity contribution in [3.8, 4) is 11.8 Å². The van der Waals surface area contributed by atoms with E-state index in [2.05, 4.69) is 21.7 Å². The van der Waals surface area contributed by atoms with Crippen molar-refractivity contribution in [2.45, 2.75) is 26.4 Å². The average Bonchev–Trinajstić information content (AvgIpc) is 2.65. The monoisotopic (exact) mass is 354 g/mol. The molecule has 2 aromatic carbocycles. The number of aryl methyl sites for hydroxylation is 1. The van der Waals surface area contributed by atoms with Crippen molar-refractivity contribution in [3.63, 3.8) is 0 Å². The number of benzene rings is 2. The molecule has 6 heteroatoms. The molecule has 1 unspecified atom stereocenters. The van der Waals surface area contributed by atoms with Gasteiger partial charge in [-0.1, -0.05) is 23.8 Å². The highest BCUT2D eigenvalue weighted by atomic mass is 19.1. The minimum absolute atomic E-state index is 0.0538. The van der Waals surface area contributed by atoms with Crippen molar-refractivity contribution < 1.29 is 9.13 Å². The Bertz CT molecular complexity index is 842. The second kappa shape index (κ2) is 8.86. The Labute approximate surface area is 153 Å². The standard InChI is InChI=1S/C20H23FN4O/c1-13-5-8-19(26-4)17(9-13)14(2)25-20(23-3)24-12-16-7-6-15(11-22)10-18(16)21/h5-10,14H,12H2,1-4H3,(H2,23,24,25). The number of nitriles is 1. The van der Waals surface area contributed by atoms with Crippen molar-refractivity contribution in [1.29, 1.82) is 5.26 Å². The van der Waals surface area contributed by atoms with Crippen LogP contribution in [0.25, 0.3) is 0 Å². The van der Waals surface area contributed by atoms with Gasteiger partial charge < -0.3 is 15.4 Å². The number of ether oxygens (including phenoxy) is 1. The Kier molecular flexibility index (Phi) is 6.56. The summed E-state index contributed by atoms with van der Waals surface area (Å²) in [7, 11) is 3.30. The summed E-state index contributed by atoms with van der Waals surface area (Å²) in [5.74, 6) is 0.925. The summed E-state index contributed by atoms with van der Waals surface area (Å²) in [6.07, 6.45) is 0. The maximum absolute atomic E-state index is 14.0. The van der Waals surface area contributed by atoms with Crippen LogP contribution in [0, 0.1) is 24.1 Å². The van der Waals surface area contributed by atoms with Crippen LogP contribution in [-0.2, 0) is 6.54 Å². The fraction of sp³-hybridized carbons (Fsp3) is 0.300. The zero-order valence-corrected chi connectivity index (χ0v) is 15.4. The quantitative estimate of drug-likeness (QED) is 0.637.